The topological polar surface area (TPSA) is 80.5 Å². The summed E-state index contributed by atoms with van der Waals surface area (Å²) in [6.45, 7) is 2.63. The summed E-state index contributed by atoms with van der Waals surface area (Å²) in [6.07, 6.45) is 2.76. The summed E-state index contributed by atoms with van der Waals surface area (Å²) < 4.78 is 10.8. The molecule has 1 atom stereocenters. The lowest BCUT2D eigenvalue weighted by Crippen LogP contribution is -2.41. The Bertz CT molecular complexity index is 1000. The number of likely N-dealkylation sites (tertiary alicyclic amines) is 1. The highest BCUT2D eigenvalue weighted by Crippen LogP contribution is 2.32. The van der Waals surface area contributed by atoms with E-state index in [2.05, 4.69) is 15.5 Å². The number of ether oxygens (including phenoxy) is 1. The van der Waals surface area contributed by atoms with Crippen molar-refractivity contribution in [1.29, 1.82) is 0 Å². The molecule has 1 aromatic heterocycles. The fourth-order valence-electron chi connectivity index (χ4n) is 3.58. The second kappa shape index (κ2) is 8.34. The minimum Gasteiger partial charge on any atom is -0.497 e. The Morgan fingerprint density at radius 3 is 2.90 bits per heavy atom. The quantitative estimate of drug-likeness (QED) is 0.689. The fraction of sp³-hybridized carbons (Fsp3) is 0.318. The number of carbonyl (C=O) groups is 1. The second-order valence-corrected chi connectivity index (χ2v) is 7.14. The zero-order valence-corrected chi connectivity index (χ0v) is 16.6. The van der Waals surface area contributed by atoms with Gasteiger partial charge >= 0.3 is 6.03 Å². The number of aryl methyl sites for hydroxylation is 1. The monoisotopic (exact) mass is 392 g/mol. The first-order valence-corrected chi connectivity index (χ1v) is 9.77. The number of methoxy groups -OCH3 is 1. The number of para-hydroxylation sites is 1. The SMILES string of the molecule is COc1cccc(-c2noc([C@@H]3CCCCN3C(=O)Nc3ccccc3C)n2)c1. The molecule has 7 heteroatoms. The van der Waals surface area contributed by atoms with Gasteiger partial charge in [-0.15, -0.1) is 0 Å². The first-order valence-electron chi connectivity index (χ1n) is 9.77. The zero-order chi connectivity index (χ0) is 20.2. The van der Waals surface area contributed by atoms with Crippen molar-refractivity contribution < 1.29 is 14.1 Å². The Morgan fingerprint density at radius 1 is 1.21 bits per heavy atom. The summed E-state index contributed by atoms with van der Waals surface area (Å²) in [7, 11) is 1.62. The molecule has 0 unspecified atom stereocenters. The van der Waals surface area contributed by atoms with E-state index in [1.165, 1.54) is 0 Å². The Balaban J connectivity index is 1.55. The summed E-state index contributed by atoms with van der Waals surface area (Å²) in [5.74, 6) is 1.68. The van der Waals surface area contributed by atoms with E-state index in [0.717, 1.165) is 41.8 Å². The minimum atomic E-state index is -0.236. The molecule has 0 saturated carbocycles. The first-order chi connectivity index (χ1) is 14.2. The number of rotatable bonds is 4. The van der Waals surface area contributed by atoms with Crippen LogP contribution < -0.4 is 10.1 Å². The number of anilines is 1. The van der Waals surface area contributed by atoms with Crippen LogP contribution >= 0.6 is 0 Å². The van der Waals surface area contributed by atoms with Gasteiger partial charge in [0.1, 0.15) is 11.8 Å². The third-order valence-corrected chi connectivity index (χ3v) is 5.21. The number of amides is 2. The molecule has 1 N–H and O–H groups in total. The molecule has 0 radical (unpaired) electrons. The summed E-state index contributed by atoms with van der Waals surface area (Å²) in [6, 6.07) is 14.9. The summed E-state index contributed by atoms with van der Waals surface area (Å²) in [4.78, 5) is 19.3. The smallest absolute Gasteiger partial charge is 0.322 e. The number of hydrogen-bond donors (Lipinski definition) is 1. The van der Waals surface area contributed by atoms with Crippen LogP contribution in [0.3, 0.4) is 0 Å². The number of aromatic nitrogens is 2. The number of hydrogen-bond acceptors (Lipinski definition) is 5. The lowest BCUT2D eigenvalue weighted by molar-refractivity contribution is 0.142. The van der Waals surface area contributed by atoms with Crippen molar-refractivity contribution in [2.24, 2.45) is 0 Å². The van der Waals surface area contributed by atoms with Crippen LogP contribution in [0.1, 0.15) is 36.8 Å². The van der Waals surface area contributed by atoms with E-state index in [1.54, 1.807) is 12.0 Å². The maximum Gasteiger partial charge on any atom is 0.322 e. The lowest BCUT2D eigenvalue weighted by Gasteiger charge is -2.33. The highest BCUT2D eigenvalue weighted by Gasteiger charge is 2.32. The molecule has 1 aliphatic heterocycles. The van der Waals surface area contributed by atoms with Gasteiger partial charge in [0.25, 0.3) is 0 Å². The molecular formula is C22H24N4O3. The predicted octanol–water partition coefficient (Wildman–Crippen LogP) is 4.81. The summed E-state index contributed by atoms with van der Waals surface area (Å²) in [5.41, 5.74) is 2.64. The predicted molar refractivity (Wildman–Crippen MR) is 110 cm³/mol. The van der Waals surface area contributed by atoms with Crippen LogP contribution in [0, 0.1) is 6.92 Å². The minimum absolute atomic E-state index is 0.148. The highest BCUT2D eigenvalue weighted by atomic mass is 16.5. The van der Waals surface area contributed by atoms with Gasteiger partial charge in [0.2, 0.25) is 11.7 Å². The van der Waals surface area contributed by atoms with E-state index in [0.29, 0.717) is 18.3 Å². The van der Waals surface area contributed by atoms with Gasteiger partial charge in [-0.05, 0) is 49.9 Å². The van der Waals surface area contributed by atoms with Gasteiger partial charge in [-0.2, -0.15) is 4.98 Å². The van der Waals surface area contributed by atoms with Gasteiger partial charge in [-0.25, -0.2) is 4.79 Å². The number of benzene rings is 2. The molecule has 7 nitrogen and oxygen atoms in total. The van der Waals surface area contributed by atoms with Crippen LogP contribution in [0.2, 0.25) is 0 Å². The summed E-state index contributed by atoms with van der Waals surface area (Å²) in [5, 5.41) is 7.14. The summed E-state index contributed by atoms with van der Waals surface area (Å²) >= 11 is 0. The molecule has 2 amide bonds. The van der Waals surface area contributed by atoms with Gasteiger partial charge in [0.15, 0.2) is 0 Å². The van der Waals surface area contributed by atoms with Crippen molar-refractivity contribution in [3.63, 3.8) is 0 Å². The average molecular weight is 392 g/mol. The highest BCUT2D eigenvalue weighted by molar-refractivity contribution is 5.90. The first kappa shape index (κ1) is 19.0. The van der Waals surface area contributed by atoms with Crippen molar-refractivity contribution in [2.45, 2.75) is 32.2 Å². The van der Waals surface area contributed by atoms with Crippen molar-refractivity contribution in [2.75, 3.05) is 19.0 Å². The Morgan fingerprint density at radius 2 is 2.07 bits per heavy atom. The van der Waals surface area contributed by atoms with E-state index < -0.39 is 0 Å². The van der Waals surface area contributed by atoms with Gasteiger partial charge in [-0.3, -0.25) is 0 Å². The van der Waals surface area contributed by atoms with E-state index >= 15 is 0 Å². The zero-order valence-electron chi connectivity index (χ0n) is 16.6. The molecule has 1 aliphatic rings. The number of carbonyl (C=O) groups excluding carboxylic acids is 1. The average Bonchev–Trinajstić information content (AvgIpc) is 3.25. The van der Waals surface area contributed by atoms with Crippen LogP contribution in [-0.4, -0.2) is 34.7 Å². The molecule has 2 heterocycles. The normalized spacial score (nSPS) is 16.5. The van der Waals surface area contributed by atoms with Gasteiger partial charge in [-0.1, -0.05) is 35.5 Å². The lowest BCUT2D eigenvalue weighted by atomic mass is 10.0. The van der Waals surface area contributed by atoms with E-state index in [1.807, 2.05) is 55.5 Å². The molecule has 150 valence electrons. The number of nitrogens with zero attached hydrogens (tertiary/aromatic N) is 3. The second-order valence-electron chi connectivity index (χ2n) is 7.14. The molecule has 29 heavy (non-hydrogen) atoms. The molecule has 1 fully saturated rings. The molecule has 2 aromatic carbocycles. The maximum atomic E-state index is 13.0. The third kappa shape index (κ3) is 4.08. The number of nitrogens with one attached hydrogen (secondary N) is 1. The largest absolute Gasteiger partial charge is 0.497 e. The van der Waals surface area contributed by atoms with Crippen LogP contribution in [0.5, 0.6) is 5.75 Å². The van der Waals surface area contributed by atoms with E-state index in [4.69, 9.17) is 9.26 Å². The van der Waals surface area contributed by atoms with Crippen molar-refractivity contribution in [3.8, 4) is 17.1 Å². The molecule has 0 spiro atoms. The van der Waals surface area contributed by atoms with Crippen LogP contribution in [0.15, 0.2) is 53.1 Å². The molecule has 1 saturated heterocycles. The molecule has 4 rings (SSSR count). The molecular weight excluding hydrogens is 368 g/mol. The maximum absolute atomic E-state index is 13.0. The number of urea groups is 1. The van der Waals surface area contributed by atoms with Gasteiger partial charge in [0.05, 0.1) is 7.11 Å². The third-order valence-electron chi connectivity index (χ3n) is 5.21. The molecule has 3 aromatic rings. The number of piperidine rings is 1. The van der Waals surface area contributed by atoms with Crippen LogP contribution in [-0.2, 0) is 0 Å². The van der Waals surface area contributed by atoms with Crippen LogP contribution in [0.4, 0.5) is 10.5 Å². The Hall–Kier alpha value is -3.35. The van der Waals surface area contributed by atoms with Crippen molar-refractivity contribution in [1.82, 2.24) is 15.0 Å². The standard InChI is InChI=1S/C22H24N4O3/c1-15-8-3-4-11-18(15)23-22(27)26-13-6-5-12-19(26)21-24-20(25-29-21)16-9-7-10-17(14-16)28-2/h3-4,7-11,14,19H,5-6,12-13H2,1-2H3,(H,23,27)/t19-/m0/s1. The van der Waals surface area contributed by atoms with E-state index in [-0.39, 0.29) is 12.1 Å². The van der Waals surface area contributed by atoms with Crippen LogP contribution in [0.25, 0.3) is 11.4 Å². The van der Waals surface area contributed by atoms with Gasteiger partial charge < -0.3 is 19.5 Å². The Kier molecular flexibility index (Phi) is 5.46. The van der Waals surface area contributed by atoms with Gasteiger partial charge in [0, 0.05) is 17.8 Å². The van der Waals surface area contributed by atoms with E-state index in [9.17, 15) is 4.79 Å². The van der Waals surface area contributed by atoms with Crippen molar-refractivity contribution in [3.05, 3.63) is 60.0 Å². The van der Waals surface area contributed by atoms with Crippen molar-refractivity contribution >= 4 is 11.7 Å². The Labute approximate surface area is 169 Å². The molecule has 0 bridgehead atoms. The fourth-order valence-corrected chi connectivity index (χ4v) is 3.58. The molecule has 0 aliphatic carbocycles.